The van der Waals surface area contributed by atoms with Crippen molar-refractivity contribution in [2.45, 2.75) is 6.61 Å². The first-order valence-corrected chi connectivity index (χ1v) is 5.92. The molecule has 0 spiro atoms. The van der Waals surface area contributed by atoms with Gasteiger partial charge in [-0.15, -0.1) is 0 Å². The van der Waals surface area contributed by atoms with Crippen molar-refractivity contribution < 1.29 is 9.53 Å². The van der Waals surface area contributed by atoms with E-state index in [0.29, 0.717) is 16.8 Å². The molecule has 5 heteroatoms. The first-order chi connectivity index (χ1) is 9.61. The van der Waals surface area contributed by atoms with Gasteiger partial charge in [0.05, 0.1) is 17.2 Å². The second-order valence-electron chi connectivity index (χ2n) is 4.19. The molecule has 0 heterocycles. The van der Waals surface area contributed by atoms with Crippen LogP contribution in [0, 0.1) is 11.3 Å². The quantitative estimate of drug-likeness (QED) is 0.654. The molecular weight excluding hydrogens is 254 g/mol. The SMILES string of the molecule is N#Cc1ccccc1COC(=O)c1ccc(N)cc1N. The number of hydrogen-bond donors (Lipinski definition) is 2. The molecule has 0 saturated heterocycles. The van der Waals surface area contributed by atoms with Crippen LogP contribution in [0.25, 0.3) is 0 Å². The third kappa shape index (κ3) is 2.87. The minimum Gasteiger partial charge on any atom is -0.457 e. The van der Waals surface area contributed by atoms with Crippen LogP contribution in [0.3, 0.4) is 0 Å². The Hall–Kier alpha value is -3.00. The predicted octanol–water partition coefficient (Wildman–Crippen LogP) is 2.08. The number of esters is 1. The molecule has 0 saturated carbocycles. The number of carbonyl (C=O) groups is 1. The first-order valence-electron chi connectivity index (χ1n) is 5.92. The number of benzene rings is 2. The van der Waals surface area contributed by atoms with Gasteiger partial charge in [0.2, 0.25) is 0 Å². The lowest BCUT2D eigenvalue weighted by atomic mass is 10.1. The van der Waals surface area contributed by atoms with E-state index in [9.17, 15) is 4.79 Å². The van der Waals surface area contributed by atoms with Gasteiger partial charge in [-0.1, -0.05) is 18.2 Å². The monoisotopic (exact) mass is 267 g/mol. The lowest BCUT2D eigenvalue weighted by Gasteiger charge is -2.08. The van der Waals surface area contributed by atoms with E-state index in [2.05, 4.69) is 0 Å². The fourth-order valence-corrected chi connectivity index (χ4v) is 1.74. The number of nitriles is 1. The van der Waals surface area contributed by atoms with E-state index in [1.54, 1.807) is 30.3 Å². The maximum absolute atomic E-state index is 11.9. The summed E-state index contributed by atoms with van der Waals surface area (Å²) in [5, 5.41) is 8.95. The van der Waals surface area contributed by atoms with Crippen LogP contribution in [0.1, 0.15) is 21.5 Å². The van der Waals surface area contributed by atoms with Crippen molar-refractivity contribution in [3.63, 3.8) is 0 Å². The Balaban J connectivity index is 2.11. The highest BCUT2D eigenvalue weighted by Crippen LogP contribution is 2.18. The molecule has 0 aliphatic heterocycles. The summed E-state index contributed by atoms with van der Waals surface area (Å²) in [7, 11) is 0. The zero-order valence-electron chi connectivity index (χ0n) is 10.7. The van der Waals surface area contributed by atoms with Gasteiger partial charge in [0.1, 0.15) is 6.61 Å². The Morgan fingerprint density at radius 3 is 2.65 bits per heavy atom. The highest BCUT2D eigenvalue weighted by atomic mass is 16.5. The molecule has 2 aromatic rings. The number of nitrogen functional groups attached to an aromatic ring is 2. The average molecular weight is 267 g/mol. The first kappa shape index (κ1) is 13.4. The number of nitrogens with two attached hydrogens (primary N) is 2. The van der Waals surface area contributed by atoms with Gasteiger partial charge >= 0.3 is 5.97 Å². The minimum atomic E-state index is -0.546. The highest BCUT2D eigenvalue weighted by molar-refractivity contribution is 5.95. The van der Waals surface area contributed by atoms with Gasteiger partial charge in [0.15, 0.2) is 0 Å². The van der Waals surface area contributed by atoms with Crippen molar-refractivity contribution in [1.29, 1.82) is 5.26 Å². The van der Waals surface area contributed by atoms with E-state index in [1.807, 2.05) is 6.07 Å². The zero-order chi connectivity index (χ0) is 14.5. The Bertz CT molecular complexity index is 690. The summed E-state index contributed by atoms with van der Waals surface area (Å²) in [6.45, 7) is 0.0202. The standard InChI is InChI=1S/C15H13N3O2/c16-8-10-3-1-2-4-11(10)9-20-15(19)13-6-5-12(17)7-14(13)18/h1-7H,9,17-18H2. The molecule has 0 aliphatic rings. The Morgan fingerprint density at radius 2 is 1.95 bits per heavy atom. The van der Waals surface area contributed by atoms with E-state index in [1.165, 1.54) is 12.1 Å². The molecule has 4 N–H and O–H groups in total. The molecule has 0 fully saturated rings. The third-order valence-corrected chi connectivity index (χ3v) is 2.79. The zero-order valence-corrected chi connectivity index (χ0v) is 10.7. The Morgan fingerprint density at radius 1 is 1.20 bits per heavy atom. The normalized spacial score (nSPS) is 9.75. The molecule has 2 aromatic carbocycles. The van der Waals surface area contributed by atoms with Crippen molar-refractivity contribution in [3.05, 3.63) is 59.2 Å². The highest BCUT2D eigenvalue weighted by Gasteiger charge is 2.12. The van der Waals surface area contributed by atoms with E-state index >= 15 is 0 Å². The van der Waals surface area contributed by atoms with Crippen molar-refractivity contribution in [1.82, 2.24) is 0 Å². The number of hydrogen-bond acceptors (Lipinski definition) is 5. The van der Waals surface area contributed by atoms with E-state index < -0.39 is 5.97 Å². The summed E-state index contributed by atoms with van der Waals surface area (Å²) in [5.74, 6) is -0.546. The van der Waals surface area contributed by atoms with Crippen LogP contribution in [-0.2, 0) is 11.3 Å². The summed E-state index contributed by atoms with van der Waals surface area (Å²) in [4.78, 5) is 11.9. The molecule has 0 unspecified atom stereocenters. The van der Waals surface area contributed by atoms with Crippen LogP contribution in [-0.4, -0.2) is 5.97 Å². The van der Waals surface area contributed by atoms with Crippen LogP contribution in [0.2, 0.25) is 0 Å². The number of rotatable bonds is 3. The lowest BCUT2D eigenvalue weighted by molar-refractivity contribution is 0.0474. The molecule has 2 rings (SSSR count). The topological polar surface area (TPSA) is 102 Å². The molecule has 20 heavy (non-hydrogen) atoms. The third-order valence-electron chi connectivity index (χ3n) is 2.79. The minimum absolute atomic E-state index is 0.0202. The smallest absolute Gasteiger partial charge is 0.340 e. The second-order valence-corrected chi connectivity index (χ2v) is 4.19. The summed E-state index contributed by atoms with van der Waals surface area (Å²) in [6.07, 6.45) is 0. The van der Waals surface area contributed by atoms with Gasteiger partial charge in [0.25, 0.3) is 0 Å². The molecule has 5 nitrogen and oxygen atoms in total. The van der Waals surface area contributed by atoms with Gasteiger partial charge < -0.3 is 16.2 Å². The summed E-state index contributed by atoms with van der Waals surface area (Å²) < 4.78 is 5.17. The van der Waals surface area contributed by atoms with Gasteiger partial charge in [0, 0.05) is 16.9 Å². The summed E-state index contributed by atoms with van der Waals surface area (Å²) in [5.41, 5.74) is 13.4. The molecule has 0 amide bonds. The van der Waals surface area contributed by atoms with Gasteiger partial charge in [-0.3, -0.25) is 0 Å². The van der Waals surface area contributed by atoms with E-state index in [0.717, 1.165) is 0 Å². The number of carbonyl (C=O) groups excluding carboxylic acids is 1. The molecule has 0 radical (unpaired) electrons. The molecule has 0 atom stereocenters. The lowest BCUT2D eigenvalue weighted by Crippen LogP contribution is -2.09. The predicted molar refractivity (Wildman–Crippen MR) is 75.5 cm³/mol. The Kier molecular flexibility index (Phi) is 3.87. The van der Waals surface area contributed by atoms with Crippen LogP contribution in [0.4, 0.5) is 11.4 Å². The van der Waals surface area contributed by atoms with E-state index in [-0.39, 0.29) is 17.9 Å². The van der Waals surface area contributed by atoms with Gasteiger partial charge in [-0.2, -0.15) is 5.26 Å². The fourth-order valence-electron chi connectivity index (χ4n) is 1.74. The van der Waals surface area contributed by atoms with Crippen LogP contribution in [0.5, 0.6) is 0 Å². The van der Waals surface area contributed by atoms with Crippen molar-refractivity contribution in [2.24, 2.45) is 0 Å². The molecule has 0 aromatic heterocycles. The van der Waals surface area contributed by atoms with Crippen LogP contribution < -0.4 is 11.5 Å². The van der Waals surface area contributed by atoms with Gasteiger partial charge in [-0.05, 0) is 24.3 Å². The maximum atomic E-state index is 11.9. The summed E-state index contributed by atoms with van der Waals surface area (Å²) in [6, 6.07) is 13.6. The molecule has 100 valence electrons. The maximum Gasteiger partial charge on any atom is 0.340 e. The largest absolute Gasteiger partial charge is 0.457 e. The summed E-state index contributed by atoms with van der Waals surface area (Å²) >= 11 is 0. The fraction of sp³-hybridized carbons (Fsp3) is 0.0667. The number of anilines is 2. The van der Waals surface area contributed by atoms with E-state index in [4.69, 9.17) is 21.5 Å². The van der Waals surface area contributed by atoms with Crippen LogP contribution >= 0.6 is 0 Å². The molecule has 0 bridgehead atoms. The van der Waals surface area contributed by atoms with Crippen molar-refractivity contribution in [3.8, 4) is 6.07 Å². The number of nitrogens with zero attached hydrogens (tertiary/aromatic N) is 1. The second kappa shape index (κ2) is 5.76. The Labute approximate surface area is 116 Å². The van der Waals surface area contributed by atoms with Crippen molar-refractivity contribution >= 4 is 17.3 Å². The molecule has 0 aliphatic carbocycles. The van der Waals surface area contributed by atoms with Crippen molar-refractivity contribution in [2.75, 3.05) is 11.5 Å². The van der Waals surface area contributed by atoms with Gasteiger partial charge in [-0.25, -0.2) is 4.79 Å². The molecular formula is C15H13N3O2. The van der Waals surface area contributed by atoms with Crippen LogP contribution in [0.15, 0.2) is 42.5 Å². The number of ether oxygens (including phenoxy) is 1. The average Bonchev–Trinajstić information content (AvgIpc) is 2.45.